The van der Waals surface area contributed by atoms with Gasteiger partial charge in [-0.3, -0.25) is 9.59 Å². The molecule has 2 aliphatic rings. The van der Waals surface area contributed by atoms with Gasteiger partial charge in [-0.1, -0.05) is 11.3 Å². The van der Waals surface area contributed by atoms with Crippen molar-refractivity contribution >= 4 is 32.7 Å². The van der Waals surface area contributed by atoms with Crippen LogP contribution in [0.3, 0.4) is 0 Å². The molecule has 1 saturated heterocycles. The minimum atomic E-state index is -1.50. The van der Waals surface area contributed by atoms with Crippen LogP contribution in [0, 0.1) is 0 Å². The van der Waals surface area contributed by atoms with Crippen molar-refractivity contribution in [1.29, 1.82) is 0 Å². The molecule has 2 aromatic heterocycles. The minimum Gasteiger partial charge on any atom is -0.368 e. The summed E-state index contributed by atoms with van der Waals surface area (Å²) in [6.07, 6.45) is 2.27. The van der Waals surface area contributed by atoms with Gasteiger partial charge in [0.2, 0.25) is 5.91 Å². The van der Waals surface area contributed by atoms with E-state index >= 15 is 0 Å². The standard InChI is InChI=1S/C13H14FN5O2S/c14-13(3-4-13)11-17-9(21)7-10(18-11)22-12(16-7)19-5-1-2-6(19)8(15)20/h6H,1-5H2,(H2,15,20)(H,17,18,21)/t6-/m1/s1. The second-order valence-electron chi connectivity index (χ2n) is 5.78. The molecule has 0 bridgehead atoms. The molecule has 9 heteroatoms. The maximum atomic E-state index is 14.1. The Morgan fingerprint density at radius 2 is 2.23 bits per heavy atom. The predicted octanol–water partition coefficient (Wildman–Crippen LogP) is 0.792. The first-order valence-electron chi connectivity index (χ1n) is 7.14. The van der Waals surface area contributed by atoms with Gasteiger partial charge in [-0.15, -0.1) is 0 Å². The van der Waals surface area contributed by atoms with Crippen LogP contribution in [0.4, 0.5) is 9.52 Å². The maximum absolute atomic E-state index is 14.1. The van der Waals surface area contributed by atoms with E-state index < -0.39 is 23.2 Å². The molecule has 1 aliphatic carbocycles. The average Bonchev–Trinajstić information content (AvgIpc) is 2.94. The van der Waals surface area contributed by atoms with Crippen molar-refractivity contribution in [3.05, 3.63) is 16.2 Å². The molecule has 1 saturated carbocycles. The third-order valence-electron chi connectivity index (χ3n) is 4.20. The Labute approximate surface area is 128 Å². The van der Waals surface area contributed by atoms with Crippen molar-refractivity contribution in [3.63, 3.8) is 0 Å². The summed E-state index contributed by atoms with van der Waals surface area (Å²) in [4.78, 5) is 36.7. The lowest BCUT2D eigenvalue weighted by Crippen LogP contribution is -2.40. The van der Waals surface area contributed by atoms with E-state index in [-0.39, 0.29) is 11.3 Å². The zero-order valence-electron chi connectivity index (χ0n) is 11.6. The van der Waals surface area contributed by atoms with Crippen LogP contribution < -0.4 is 16.2 Å². The summed E-state index contributed by atoms with van der Waals surface area (Å²) in [5.41, 5.74) is 3.64. The van der Waals surface area contributed by atoms with Crippen molar-refractivity contribution in [2.24, 2.45) is 5.73 Å². The Balaban J connectivity index is 1.79. The van der Waals surface area contributed by atoms with E-state index in [2.05, 4.69) is 15.0 Å². The monoisotopic (exact) mass is 323 g/mol. The van der Waals surface area contributed by atoms with E-state index in [1.165, 1.54) is 11.3 Å². The van der Waals surface area contributed by atoms with Gasteiger partial charge in [-0.05, 0) is 25.7 Å². The molecule has 1 amide bonds. The number of carbonyl (C=O) groups is 1. The number of H-pyrrole nitrogens is 1. The second-order valence-corrected chi connectivity index (χ2v) is 6.74. The second kappa shape index (κ2) is 4.48. The quantitative estimate of drug-likeness (QED) is 0.869. The average molecular weight is 323 g/mol. The molecular formula is C13H14FN5O2S. The van der Waals surface area contributed by atoms with Gasteiger partial charge in [0.05, 0.1) is 0 Å². The number of halogens is 1. The molecule has 0 aromatic carbocycles. The van der Waals surface area contributed by atoms with Crippen LogP contribution >= 0.6 is 11.3 Å². The van der Waals surface area contributed by atoms with Crippen molar-refractivity contribution in [2.45, 2.75) is 37.4 Å². The zero-order chi connectivity index (χ0) is 15.5. The number of hydrogen-bond donors (Lipinski definition) is 2. The molecule has 0 radical (unpaired) electrons. The highest BCUT2D eigenvalue weighted by Crippen LogP contribution is 2.48. The van der Waals surface area contributed by atoms with Crippen molar-refractivity contribution in [1.82, 2.24) is 15.0 Å². The van der Waals surface area contributed by atoms with Crippen LogP contribution in [-0.2, 0) is 10.5 Å². The molecule has 22 heavy (non-hydrogen) atoms. The number of anilines is 1. The highest BCUT2D eigenvalue weighted by molar-refractivity contribution is 7.21. The molecule has 116 valence electrons. The fourth-order valence-electron chi connectivity index (χ4n) is 2.79. The molecule has 1 aliphatic heterocycles. The molecule has 0 spiro atoms. The summed E-state index contributed by atoms with van der Waals surface area (Å²) >= 11 is 1.20. The molecule has 0 unspecified atom stereocenters. The third kappa shape index (κ3) is 1.99. The Morgan fingerprint density at radius 3 is 2.91 bits per heavy atom. The summed E-state index contributed by atoms with van der Waals surface area (Å²) in [5, 5.41) is 0.537. The molecule has 3 N–H and O–H groups in total. The number of fused-ring (bicyclic) bond motifs is 1. The number of primary amides is 1. The lowest BCUT2D eigenvalue weighted by atomic mass is 10.2. The normalized spacial score (nSPS) is 23.1. The van der Waals surface area contributed by atoms with E-state index in [4.69, 9.17) is 5.73 Å². The number of nitrogens with two attached hydrogens (primary N) is 1. The van der Waals surface area contributed by atoms with Crippen molar-refractivity contribution in [3.8, 4) is 0 Å². The lowest BCUT2D eigenvalue weighted by molar-refractivity contribution is -0.119. The number of nitrogens with zero attached hydrogens (tertiary/aromatic N) is 3. The van der Waals surface area contributed by atoms with Gasteiger partial charge in [-0.25, -0.2) is 14.4 Å². The van der Waals surface area contributed by atoms with Gasteiger partial charge in [0, 0.05) is 6.54 Å². The first-order valence-corrected chi connectivity index (χ1v) is 7.96. The Bertz CT molecular complexity index is 827. The maximum Gasteiger partial charge on any atom is 0.278 e. The van der Waals surface area contributed by atoms with E-state index in [0.29, 0.717) is 35.8 Å². The molecule has 1 atom stereocenters. The number of aromatic nitrogens is 3. The fourth-order valence-corrected chi connectivity index (χ4v) is 3.81. The van der Waals surface area contributed by atoms with Crippen molar-refractivity contribution in [2.75, 3.05) is 11.4 Å². The SMILES string of the molecule is NC(=O)[C@H]1CCCN1c1nc2c(=O)[nH]c(C3(F)CC3)nc2s1. The number of rotatable bonds is 3. The molecule has 2 fully saturated rings. The van der Waals surface area contributed by atoms with E-state index in [1.807, 2.05) is 0 Å². The highest BCUT2D eigenvalue weighted by Gasteiger charge is 2.48. The third-order valence-corrected chi connectivity index (χ3v) is 5.19. The summed E-state index contributed by atoms with van der Waals surface area (Å²) in [6, 6.07) is -0.407. The summed E-state index contributed by atoms with van der Waals surface area (Å²) in [6.45, 7) is 0.658. The first kappa shape index (κ1) is 13.6. The van der Waals surface area contributed by atoms with Gasteiger partial charge in [0.15, 0.2) is 21.1 Å². The lowest BCUT2D eigenvalue weighted by Gasteiger charge is -2.20. The van der Waals surface area contributed by atoms with Crippen LogP contribution in [0.25, 0.3) is 10.3 Å². The Hall–Kier alpha value is -2.03. The first-order chi connectivity index (χ1) is 10.5. The number of aromatic amines is 1. The number of hydrogen-bond acceptors (Lipinski definition) is 6. The van der Waals surface area contributed by atoms with Crippen LogP contribution in [0.1, 0.15) is 31.5 Å². The highest BCUT2D eigenvalue weighted by atomic mass is 32.1. The van der Waals surface area contributed by atoms with Gasteiger partial charge in [-0.2, -0.15) is 0 Å². The summed E-state index contributed by atoms with van der Waals surface area (Å²) < 4.78 is 14.1. The molecule has 2 aromatic rings. The summed E-state index contributed by atoms with van der Waals surface area (Å²) in [5.74, 6) is -0.326. The summed E-state index contributed by atoms with van der Waals surface area (Å²) in [7, 11) is 0. The smallest absolute Gasteiger partial charge is 0.278 e. The molecule has 7 nitrogen and oxygen atoms in total. The van der Waals surface area contributed by atoms with Crippen LogP contribution in [0.2, 0.25) is 0 Å². The number of amides is 1. The van der Waals surface area contributed by atoms with Crippen LogP contribution in [-0.4, -0.2) is 33.4 Å². The van der Waals surface area contributed by atoms with Crippen LogP contribution in [0.5, 0.6) is 0 Å². The topological polar surface area (TPSA) is 105 Å². The number of nitrogens with one attached hydrogen (secondary N) is 1. The van der Waals surface area contributed by atoms with Crippen molar-refractivity contribution < 1.29 is 9.18 Å². The van der Waals surface area contributed by atoms with Crippen LogP contribution in [0.15, 0.2) is 4.79 Å². The van der Waals surface area contributed by atoms with E-state index in [1.54, 1.807) is 4.90 Å². The van der Waals surface area contributed by atoms with Gasteiger partial charge >= 0.3 is 0 Å². The number of carbonyl (C=O) groups excluding carboxylic acids is 1. The number of alkyl halides is 1. The van der Waals surface area contributed by atoms with Gasteiger partial charge < -0.3 is 15.6 Å². The van der Waals surface area contributed by atoms with Gasteiger partial charge in [0.25, 0.3) is 5.56 Å². The predicted molar refractivity (Wildman–Crippen MR) is 79.6 cm³/mol. The number of thiazole rings is 1. The largest absolute Gasteiger partial charge is 0.368 e. The molecular weight excluding hydrogens is 309 g/mol. The Kier molecular flexibility index (Phi) is 2.77. The Morgan fingerprint density at radius 1 is 1.45 bits per heavy atom. The fraction of sp³-hybridized carbons (Fsp3) is 0.538. The molecule has 3 heterocycles. The minimum absolute atomic E-state index is 0.0769. The zero-order valence-corrected chi connectivity index (χ0v) is 12.5. The van der Waals surface area contributed by atoms with E-state index in [0.717, 1.165) is 6.42 Å². The molecule has 4 rings (SSSR count). The van der Waals surface area contributed by atoms with E-state index in [9.17, 15) is 14.0 Å². The van der Waals surface area contributed by atoms with Gasteiger partial charge in [0.1, 0.15) is 11.9 Å².